The van der Waals surface area contributed by atoms with E-state index in [0.29, 0.717) is 18.7 Å². The van der Waals surface area contributed by atoms with Gasteiger partial charge in [-0.05, 0) is 24.3 Å². The summed E-state index contributed by atoms with van der Waals surface area (Å²) in [5, 5.41) is 0. The number of amides is 1. The van der Waals surface area contributed by atoms with E-state index < -0.39 is 0 Å². The number of benzene rings is 1. The van der Waals surface area contributed by atoms with E-state index in [1.54, 1.807) is 11.1 Å². The molecule has 1 aromatic carbocycles. The van der Waals surface area contributed by atoms with Gasteiger partial charge in [-0.3, -0.25) is 4.79 Å². The van der Waals surface area contributed by atoms with Crippen LogP contribution in [0.5, 0.6) is 0 Å². The van der Waals surface area contributed by atoms with Crippen LogP contribution in [0.25, 0.3) is 0 Å². The molecule has 0 saturated heterocycles. The van der Waals surface area contributed by atoms with Crippen LogP contribution in [0.4, 0.5) is 5.69 Å². The summed E-state index contributed by atoms with van der Waals surface area (Å²) in [6.45, 7) is 1.15. The number of hydrogen-bond acceptors (Lipinski definition) is 4. The summed E-state index contributed by atoms with van der Waals surface area (Å²) < 4.78 is 0. The topological polar surface area (TPSA) is 49.3 Å². The Hall–Kier alpha value is -2.43. The lowest BCUT2D eigenvalue weighted by molar-refractivity contribution is 0.0750. The van der Waals surface area contributed by atoms with Crippen LogP contribution >= 0.6 is 0 Å². The first-order valence-corrected chi connectivity index (χ1v) is 6.49. The third-order valence-corrected chi connectivity index (χ3v) is 3.50. The molecule has 0 spiro atoms. The predicted octanol–water partition coefficient (Wildman–Crippen LogP) is 1.70. The van der Waals surface area contributed by atoms with E-state index in [0.717, 1.165) is 16.9 Å². The standard InChI is InChI=1S/C15H16N4O/c1-18(2)13-5-3-11(4-6-13)15(20)19-8-12-7-16-10-17-14(12)9-19/h3-7,10H,8-9H2,1-2H3. The second-order valence-electron chi connectivity index (χ2n) is 5.10. The van der Waals surface area contributed by atoms with E-state index in [-0.39, 0.29) is 5.91 Å². The summed E-state index contributed by atoms with van der Waals surface area (Å²) in [5.41, 5.74) is 3.76. The maximum Gasteiger partial charge on any atom is 0.254 e. The van der Waals surface area contributed by atoms with Gasteiger partial charge in [-0.15, -0.1) is 0 Å². The SMILES string of the molecule is CN(C)c1ccc(C(=O)N2Cc3cncnc3C2)cc1. The van der Waals surface area contributed by atoms with Gasteiger partial charge < -0.3 is 9.80 Å². The van der Waals surface area contributed by atoms with Gasteiger partial charge in [0.1, 0.15) is 6.33 Å². The lowest BCUT2D eigenvalue weighted by atomic mass is 10.2. The first kappa shape index (κ1) is 12.6. The zero-order valence-corrected chi connectivity index (χ0v) is 11.6. The van der Waals surface area contributed by atoms with E-state index >= 15 is 0 Å². The average Bonchev–Trinajstić information content (AvgIpc) is 2.90. The van der Waals surface area contributed by atoms with Crippen molar-refractivity contribution >= 4 is 11.6 Å². The fraction of sp³-hybridized carbons (Fsp3) is 0.267. The maximum atomic E-state index is 12.5. The Balaban J connectivity index is 1.78. The monoisotopic (exact) mass is 268 g/mol. The number of hydrogen-bond donors (Lipinski definition) is 0. The van der Waals surface area contributed by atoms with Gasteiger partial charge in [-0.25, -0.2) is 9.97 Å². The predicted molar refractivity (Wildman–Crippen MR) is 76.4 cm³/mol. The quantitative estimate of drug-likeness (QED) is 0.832. The molecule has 1 aliphatic heterocycles. The molecule has 2 heterocycles. The normalized spacial score (nSPS) is 13.2. The minimum Gasteiger partial charge on any atom is -0.378 e. The highest BCUT2D eigenvalue weighted by molar-refractivity contribution is 5.94. The van der Waals surface area contributed by atoms with Gasteiger partial charge in [0.2, 0.25) is 0 Å². The number of fused-ring (bicyclic) bond motifs is 1. The van der Waals surface area contributed by atoms with Crippen molar-refractivity contribution in [2.24, 2.45) is 0 Å². The number of carbonyl (C=O) groups is 1. The third-order valence-electron chi connectivity index (χ3n) is 3.50. The summed E-state index contributed by atoms with van der Waals surface area (Å²) in [5.74, 6) is 0.0355. The van der Waals surface area contributed by atoms with Gasteiger partial charge in [0.05, 0.1) is 12.2 Å². The minimum atomic E-state index is 0.0355. The first-order chi connectivity index (χ1) is 9.65. The second kappa shape index (κ2) is 4.92. The molecule has 0 bridgehead atoms. The maximum absolute atomic E-state index is 12.5. The van der Waals surface area contributed by atoms with Crippen molar-refractivity contribution in [3.05, 3.63) is 53.6 Å². The smallest absolute Gasteiger partial charge is 0.254 e. The van der Waals surface area contributed by atoms with Crippen LogP contribution in [-0.4, -0.2) is 34.9 Å². The summed E-state index contributed by atoms with van der Waals surface area (Å²) in [7, 11) is 3.96. The molecule has 1 amide bonds. The van der Waals surface area contributed by atoms with Gasteiger partial charge in [-0.1, -0.05) is 0 Å². The van der Waals surface area contributed by atoms with Gasteiger partial charge in [0.25, 0.3) is 5.91 Å². The van der Waals surface area contributed by atoms with Crippen molar-refractivity contribution in [2.45, 2.75) is 13.1 Å². The molecular formula is C15H16N4O. The minimum absolute atomic E-state index is 0.0355. The van der Waals surface area contributed by atoms with Crippen LogP contribution < -0.4 is 4.90 Å². The Morgan fingerprint density at radius 3 is 2.60 bits per heavy atom. The van der Waals surface area contributed by atoms with Crippen LogP contribution in [0, 0.1) is 0 Å². The van der Waals surface area contributed by atoms with E-state index in [1.807, 2.05) is 43.3 Å². The van der Waals surface area contributed by atoms with Crippen LogP contribution in [-0.2, 0) is 13.1 Å². The molecule has 0 fully saturated rings. The molecular weight excluding hydrogens is 252 g/mol. The lowest BCUT2D eigenvalue weighted by Gasteiger charge is -2.16. The molecule has 3 rings (SSSR count). The highest BCUT2D eigenvalue weighted by Crippen LogP contribution is 2.22. The van der Waals surface area contributed by atoms with E-state index in [2.05, 4.69) is 9.97 Å². The van der Waals surface area contributed by atoms with Gasteiger partial charge in [0, 0.05) is 43.7 Å². The molecule has 1 aliphatic rings. The molecule has 0 radical (unpaired) electrons. The molecule has 5 nitrogen and oxygen atoms in total. The fourth-order valence-corrected chi connectivity index (χ4v) is 2.33. The fourth-order valence-electron chi connectivity index (χ4n) is 2.33. The summed E-state index contributed by atoms with van der Waals surface area (Å²) >= 11 is 0. The zero-order chi connectivity index (χ0) is 14.1. The van der Waals surface area contributed by atoms with Crippen molar-refractivity contribution < 1.29 is 4.79 Å². The van der Waals surface area contributed by atoms with Gasteiger partial charge >= 0.3 is 0 Å². The van der Waals surface area contributed by atoms with E-state index in [4.69, 9.17) is 0 Å². The number of carbonyl (C=O) groups excluding carboxylic acids is 1. The number of nitrogens with zero attached hydrogens (tertiary/aromatic N) is 4. The van der Waals surface area contributed by atoms with Crippen LogP contribution in [0.2, 0.25) is 0 Å². The Kier molecular flexibility index (Phi) is 3.10. The summed E-state index contributed by atoms with van der Waals surface area (Å²) in [6, 6.07) is 7.64. The number of rotatable bonds is 2. The van der Waals surface area contributed by atoms with Gasteiger partial charge in [-0.2, -0.15) is 0 Å². The van der Waals surface area contributed by atoms with Crippen molar-refractivity contribution in [1.29, 1.82) is 0 Å². The van der Waals surface area contributed by atoms with Crippen LogP contribution in [0.1, 0.15) is 21.6 Å². The van der Waals surface area contributed by atoms with Crippen molar-refractivity contribution in [3.63, 3.8) is 0 Å². The molecule has 0 aliphatic carbocycles. The molecule has 2 aromatic rings. The average molecular weight is 268 g/mol. The highest BCUT2D eigenvalue weighted by atomic mass is 16.2. The Labute approximate surface area is 117 Å². The molecule has 0 unspecified atom stereocenters. The van der Waals surface area contributed by atoms with Crippen molar-refractivity contribution in [2.75, 3.05) is 19.0 Å². The van der Waals surface area contributed by atoms with Crippen molar-refractivity contribution in [1.82, 2.24) is 14.9 Å². The Morgan fingerprint density at radius 1 is 1.20 bits per heavy atom. The largest absolute Gasteiger partial charge is 0.378 e. The molecule has 5 heteroatoms. The molecule has 0 saturated carbocycles. The molecule has 0 atom stereocenters. The van der Waals surface area contributed by atoms with Crippen LogP contribution in [0.3, 0.4) is 0 Å². The molecule has 1 aromatic heterocycles. The first-order valence-electron chi connectivity index (χ1n) is 6.49. The Morgan fingerprint density at radius 2 is 1.95 bits per heavy atom. The zero-order valence-electron chi connectivity index (χ0n) is 11.6. The summed E-state index contributed by atoms with van der Waals surface area (Å²) in [4.78, 5) is 24.5. The highest BCUT2D eigenvalue weighted by Gasteiger charge is 2.25. The molecule has 102 valence electrons. The second-order valence-corrected chi connectivity index (χ2v) is 5.10. The molecule has 0 N–H and O–H groups in total. The van der Waals surface area contributed by atoms with Gasteiger partial charge in [0.15, 0.2) is 0 Å². The summed E-state index contributed by atoms with van der Waals surface area (Å²) in [6.07, 6.45) is 3.31. The van der Waals surface area contributed by atoms with E-state index in [9.17, 15) is 4.79 Å². The molecule has 20 heavy (non-hydrogen) atoms. The van der Waals surface area contributed by atoms with Crippen LogP contribution in [0.15, 0.2) is 36.8 Å². The number of anilines is 1. The lowest BCUT2D eigenvalue weighted by Crippen LogP contribution is -2.25. The van der Waals surface area contributed by atoms with Crippen molar-refractivity contribution in [3.8, 4) is 0 Å². The third kappa shape index (κ3) is 2.22. The number of aromatic nitrogens is 2. The Bertz CT molecular complexity index is 612. The van der Waals surface area contributed by atoms with E-state index in [1.165, 1.54) is 6.33 Å².